The fraction of sp³-hybridized carbons (Fsp3) is 0.789. The third kappa shape index (κ3) is 36.3. The molecule has 68 heavy (non-hydrogen) atoms. The number of carbonyl (C=O) groups is 2. The highest BCUT2D eigenvalue weighted by atomic mass is 16.7. The molecule has 11 nitrogen and oxygen atoms in total. The van der Waals surface area contributed by atoms with Crippen LogP contribution in [0.3, 0.4) is 0 Å². The van der Waals surface area contributed by atoms with E-state index in [0.717, 1.165) is 89.9 Å². The van der Waals surface area contributed by atoms with Gasteiger partial charge in [0.25, 0.3) is 0 Å². The van der Waals surface area contributed by atoms with Crippen molar-refractivity contribution in [1.29, 1.82) is 0 Å². The molecule has 1 fully saturated rings. The Hall–Kier alpha value is -2.64. The number of hydrogen-bond donors (Lipinski definition) is 6. The second kappa shape index (κ2) is 46.7. The molecule has 1 rings (SSSR count). The third-order valence-electron chi connectivity index (χ3n) is 12.6. The van der Waals surface area contributed by atoms with Gasteiger partial charge in [-0.2, -0.15) is 0 Å². The van der Waals surface area contributed by atoms with E-state index in [1.54, 1.807) is 6.08 Å². The molecule has 0 aromatic rings. The molecule has 1 saturated heterocycles. The minimum Gasteiger partial charge on any atom is -0.466 e. The number of hydrogen-bond acceptors (Lipinski definition) is 10. The standard InChI is InChI=1S/C57H101NO10/c1-3-5-7-9-11-13-14-15-16-17-18-19-20-21-25-29-33-37-41-45-53(62)66-46-42-38-34-30-26-23-22-24-28-32-36-40-44-52(61)58-49(50(60)43-39-35-31-27-12-10-8-6-4-2)48-67-57-56(65)55(64)54(63)51(47-59)68-57/h4,6,12,15-16,23,26-27,39,43,49-51,54-57,59-60,63-65H,3,5,7-11,13-14,17-22,24-25,28-38,40-42,44-48H2,1-2H3,(H,58,61)/b6-4+,16-15-,26-23-,27-12+,43-39+. The molecule has 7 atom stereocenters. The fourth-order valence-electron chi connectivity index (χ4n) is 8.23. The highest BCUT2D eigenvalue weighted by molar-refractivity contribution is 5.76. The van der Waals surface area contributed by atoms with E-state index in [2.05, 4.69) is 54.8 Å². The maximum Gasteiger partial charge on any atom is 0.305 e. The van der Waals surface area contributed by atoms with Crippen molar-refractivity contribution in [2.24, 2.45) is 0 Å². The number of allylic oxidation sites excluding steroid dienone is 9. The van der Waals surface area contributed by atoms with E-state index >= 15 is 0 Å². The molecule has 1 aliphatic rings. The number of carbonyl (C=O) groups excluding carboxylic acids is 2. The maximum atomic E-state index is 12.9. The number of esters is 1. The van der Waals surface area contributed by atoms with Crippen LogP contribution < -0.4 is 5.32 Å². The van der Waals surface area contributed by atoms with Crippen molar-refractivity contribution in [2.45, 2.75) is 269 Å². The summed E-state index contributed by atoms with van der Waals surface area (Å²) in [6.07, 6.45) is 49.1. The van der Waals surface area contributed by atoms with Crippen LogP contribution in [0.2, 0.25) is 0 Å². The number of ether oxygens (including phenoxy) is 3. The third-order valence-corrected chi connectivity index (χ3v) is 12.6. The van der Waals surface area contributed by atoms with E-state index in [-0.39, 0.29) is 18.5 Å². The first-order valence-corrected chi connectivity index (χ1v) is 27.5. The van der Waals surface area contributed by atoms with Gasteiger partial charge in [-0.15, -0.1) is 0 Å². The van der Waals surface area contributed by atoms with E-state index in [1.165, 1.54) is 96.3 Å². The zero-order valence-electron chi connectivity index (χ0n) is 43.0. The normalized spacial score (nSPS) is 19.9. The molecule has 0 aromatic carbocycles. The van der Waals surface area contributed by atoms with E-state index in [0.29, 0.717) is 32.3 Å². The molecule has 0 bridgehead atoms. The summed E-state index contributed by atoms with van der Waals surface area (Å²) < 4.78 is 16.6. The fourth-order valence-corrected chi connectivity index (χ4v) is 8.23. The molecule has 1 aliphatic heterocycles. The summed E-state index contributed by atoms with van der Waals surface area (Å²) in [5, 5.41) is 54.0. The molecule has 11 heteroatoms. The Bertz CT molecular complexity index is 1310. The number of nitrogens with one attached hydrogen (secondary N) is 1. The van der Waals surface area contributed by atoms with Gasteiger partial charge in [-0.1, -0.05) is 164 Å². The lowest BCUT2D eigenvalue weighted by molar-refractivity contribution is -0.302. The van der Waals surface area contributed by atoms with Crippen LogP contribution in [0.1, 0.15) is 226 Å². The lowest BCUT2D eigenvalue weighted by atomic mass is 9.99. The Morgan fingerprint density at radius 3 is 1.54 bits per heavy atom. The number of amides is 1. The maximum absolute atomic E-state index is 12.9. The largest absolute Gasteiger partial charge is 0.466 e. The number of aliphatic hydroxyl groups excluding tert-OH is 5. The van der Waals surface area contributed by atoms with Gasteiger partial charge in [-0.05, 0) is 110 Å². The highest BCUT2D eigenvalue weighted by Gasteiger charge is 2.44. The summed E-state index contributed by atoms with van der Waals surface area (Å²) in [4.78, 5) is 25.1. The van der Waals surface area contributed by atoms with Crippen LogP contribution in [0.4, 0.5) is 0 Å². The molecule has 1 heterocycles. The first-order chi connectivity index (χ1) is 33.2. The van der Waals surface area contributed by atoms with Crippen molar-refractivity contribution in [3.63, 3.8) is 0 Å². The molecule has 0 aliphatic carbocycles. The van der Waals surface area contributed by atoms with Gasteiger partial charge in [0.05, 0.1) is 32.0 Å². The summed E-state index contributed by atoms with van der Waals surface area (Å²) in [7, 11) is 0. The second-order valence-electron chi connectivity index (χ2n) is 18.9. The Morgan fingerprint density at radius 2 is 1.01 bits per heavy atom. The molecular weight excluding hydrogens is 859 g/mol. The number of rotatable bonds is 46. The average Bonchev–Trinajstić information content (AvgIpc) is 3.33. The molecule has 0 saturated carbocycles. The van der Waals surface area contributed by atoms with Gasteiger partial charge in [0.2, 0.25) is 5.91 Å². The van der Waals surface area contributed by atoms with Gasteiger partial charge < -0.3 is 45.1 Å². The van der Waals surface area contributed by atoms with Crippen LogP contribution >= 0.6 is 0 Å². The summed E-state index contributed by atoms with van der Waals surface area (Å²) >= 11 is 0. The molecule has 6 N–H and O–H groups in total. The average molecular weight is 960 g/mol. The quantitative estimate of drug-likeness (QED) is 0.0196. The van der Waals surface area contributed by atoms with E-state index in [9.17, 15) is 35.1 Å². The zero-order valence-corrected chi connectivity index (χ0v) is 43.0. The van der Waals surface area contributed by atoms with Crippen LogP contribution in [0, 0.1) is 0 Å². The number of unbranched alkanes of at least 4 members (excludes halogenated alkanes) is 25. The van der Waals surface area contributed by atoms with Gasteiger partial charge in [-0.3, -0.25) is 9.59 Å². The molecule has 0 aromatic heterocycles. The Labute approximate surface area is 414 Å². The topological polar surface area (TPSA) is 175 Å². The highest BCUT2D eigenvalue weighted by Crippen LogP contribution is 2.23. The lowest BCUT2D eigenvalue weighted by Crippen LogP contribution is -2.60. The second-order valence-corrected chi connectivity index (χ2v) is 18.9. The Balaban J connectivity index is 2.10. The summed E-state index contributed by atoms with van der Waals surface area (Å²) in [6, 6.07) is -0.853. The van der Waals surface area contributed by atoms with Crippen molar-refractivity contribution in [2.75, 3.05) is 19.8 Å². The number of aliphatic hydroxyl groups is 5. The Kier molecular flexibility index (Phi) is 43.5. The monoisotopic (exact) mass is 960 g/mol. The van der Waals surface area contributed by atoms with E-state index in [1.807, 2.05) is 19.1 Å². The molecule has 0 spiro atoms. The minimum absolute atomic E-state index is 0.0506. The van der Waals surface area contributed by atoms with Crippen LogP contribution in [0.15, 0.2) is 60.8 Å². The van der Waals surface area contributed by atoms with Crippen LogP contribution in [0.5, 0.6) is 0 Å². The van der Waals surface area contributed by atoms with Crippen LogP contribution in [-0.2, 0) is 23.8 Å². The van der Waals surface area contributed by atoms with Crippen LogP contribution in [0.25, 0.3) is 0 Å². The van der Waals surface area contributed by atoms with Gasteiger partial charge in [0.15, 0.2) is 6.29 Å². The first-order valence-electron chi connectivity index (χ1n) is 27.5. The van der Waals surface area contributed by atoms with Gasteiger partial charge in [-0.25, -0.2) is 0 Å². The zero-order chi connectivity index (χ0) is 49.6. The van der Waals surface area contributed by atoms with Crippen molar-refractivity contribution < 1.29 is 49.3 Å². The smallest absolute Gasteiger partial charge is 0.305 e. The summed E-state index contributed by atoms with van der Waals surface area (Å²) in [6.45, 7) is 3.98. The Morgan fingerprint density at radius 1 is 0.559 bits per heavy atom. The molecule has 7 unspecified atom stereocenters. The van der Waals surface area contributed by atoms with Gasteiger partial charge >= 0.3 is 5.97 Å². The molecule has 1 amide bonds. The van der Waals surface area contributed by atoms with Crippen molar-refractivity contribution in [3.05, 3.63) is 60.8 Å². The summed E-state index contributed by atoms with van der Waals surface area (Å²) in [5.74, 6) is -0.278. The van der Waals surface area contributed by atoms with E-state index in [4.69, 9.17) is 14.2 Å². The molecular formula is C57H101NO10. The van der Waals surface area contributed by atoms with E-state index < -0.39 is 49.5 Å². The van der Waals surface area contributed by atoms with Crippen molar-refractivity contribution in [1.82, 2.24) is 5.32 Å². The summed E-state index contributed by atoms with van der Waals surface area (Å²) in [5.41, 5.74) is 0. The van der Waals surface area contributed by atoms with Crippen molar-refractivity contribution >= 4 is 11.9 Å². The van der Waals surface area contributed by atoms with Crippen LogP contribution in [-0.4, -0.2) is 100 Å². The lowest BCUT2D eigenvalue weighted by Gasteiger charge is -2.40. The van der Waals surface area contributed by atoms with Gasteiger partial charge in [0.1, 0.15) is 24.4 Å². The first kappa shape index (κ1) is 63.4. The predicted molar refractivity (Wildman–Crippen MR) is 278 cm³/mol. The minimum atomic E-state index is -1.59. The van der Waals surface area contributed by atoms with Crippen molar-refractivity contribution in [3.8, 4) is 0 Å². The van der Waals surface area contributed by atoms with Gasteiger partial charge in [0, 0.05) is 12.8 Å². The predicted octanol–water partition coefficient (Wildman–Crippen LogP) is 11.9. The SMILES string of the molecule is C/C=C/CC/C=C/CC/C=C/C(O)C(COC1OC(CO)C(O)C(O)C1O)NC(=O)CCCCCCC/C=C\CCCCCOC(=O)CCCCCCCCCCC/C=C\CCCCCCCC. The molecule has 394 valence electrons. The molecule has 0 radical (unpaired) electrons.